The first-order valence-corrected chi connectivity index (χ1v) is 7.67. The molecule has 2 aromatic carbocycles. The number of hydrogen-bond donors (Lipinski definition) is 2. The van der Waals surface area contributed by atoms with Crippen LogP contribution >= 0.6 is 0 Å². The Labute approximate surface area is 148 Å². The van der Waals surface area contributed by atoms with Crippen molar-refractivity contribution in [2.24, 2.45) is 0 Å². The van der Waals surface area contributed by atoms with Gasteiger partial charge in [-0.1, -0.05) is 6.07 Å². The Kier molecular flexibility index (Phi) is 6.00. The van der Waals surface area contributed by atoms with Gasteiger partial charge in [-0.25, -0.2) is 8.78 Å². The molecule has 2 aromatic rings. The average molecular weight is 361 g/mol. The van der Waals surface area contributed by atoms with E-state index in [4.69, 9.17) is 0 Å². The molecule has 0 atom stereocenters. The van der Waals surface area contributed by atoms with E-state index in [2.05, 4.69) is 10.6 Å². The lowest BCUT2D eigenvalue weighted by Gasteiger charge is -2.21. The topological polar surface area (TPSA) is 78.5 Å². The Bertz CT molecular complexity index is 818. The van der Waals surface area contributed by atoms with Crippen LogP contribution in [-0.2, 0) is 14.4 Å². The lowest BCUT2D eigenvalue weighted by molar-refractivity contribution is -0.120. The van der Waals surface area contributed by atoms with Gasteiger partial charge in [0.1, 0.15) is 23.9 Å². The normalized spacial score (nSPS) is 10.2. The van der Waals surface area contributed by atoms with Gasteiger partial charge in [0.15, 0.2) is 0 Å². The summed E-state index contributed by atoms with van der Waals surface area (Å²) in [6, 6.07) is 9.44. The van der Waals surface area contributed by atoms with Crippen LogP contribution < -0.4 is 15.5 Å². The van der Waals surface area contributed by atoms with Crippen LogP contribution in [0, 0.1) is 11.6 Å². The van der Waals surface area contributed by atoms with E-state index in [9.17, 15) is 23.2 Å². The van der Waals surface area contributed by atoms with Crippen LogP contribution in [0.15, 0.2) is 42.5 Å². The fourth-order valence-electron chi connectivity index (χ4n) is 2.28. The van der Waals surface area contributed by atoms with Crippen molar-refractivity contribution in [1.82, 2.24) is 0 Å². The highest BCUT2D eigenvalue weighted by atomic mass is 19.1. The minimum Gasteiger partial charge on any atom is -0.326 e. The van der Waals surface area contributed by atoms with Crippen molar-refractivity contribution in [2.75, 3.05) is 22.1 Å². The zero-order valence-corrected chi connectivity index (χ0v) is 14.2. The second-order valence-corrected chi connectivity index (χ2v) is 5.48. The van der Waals surface area contributed by atoms with Crippen molar-refractivity contribution in [2.45, 2.75) is 13.8 Å². The number of hydrogen-bond acceptors (Lipinski definition) is 3. The second kappa shape index (κ2) is 8.19. The number of anilines is 3. The third-order valence-electron chi connectivity index (χ3n) is 3.38. The summed E-state index contributed by atoms with van der Waals surface area (Å²) in [5.41, 5.74) is 0.382. The fraction of sp³-hybridized carbons (Fsp3) is 0.167. The monoisotopic (exact) mass is 361 g/mol. The van der Waals surface area contributed by atoms with Crippen LogP contribution in [-0.4, -0.2) is 24.3 Å². The van der Waals surface area contributed by atoms with Crippen LogP contribution in [0.1, 0.15) is 13.8 Å². The van der Waals surface area contributed by atoms with Gasteiger partial charge in [-0.3, -0.25) is 19.3 Å². The lowest BCUT2D eigenvalue weighted by atomic mass is 10.2. The summed E-state index contributed by atoms with van der Waals surface area (Å²) < 4.78 is 27.8. The third-order valence-corrected chi connectivity index (χ3v) is 3.38. The summed E-state index contributed by atoms with van der Waals surface area (Å²) in [6.07, 6.45) is 0. The Hall–Kier alpha value is -3.29. The first-order valence-electron chi connectivity index (χ1n) is 7.67. The summed E-state index contributed by atoms with van der Waals surface area (Å²) in [6.45, 7) is 1.93. The van der Waals surface area contributed by atoms with Gasteiger partial charge in [-0.2, -0.15) is 0 Å². The number of nitrogens with zero attached hydrogens (tertiary/aromatic N) is 1. The maximum atomic E-state index is 13.9. The largest absolute Gasteiger partial charge is 0.326 e. The van der Waals surface area contributed by atoms with Gasteiger partial charge in [0.2, 0.25) is 17.7 Å². The predicted octanol–water partition coefficient (Wildman–Crippen LogP) is 2.91. The van der Waals surface area contributed by atoms with Crippen LogP contribution in [0.4, 0.5) is 25.8 Å². The van der Waals surface area contributed by atoms with E-state index in [-0.39, 0.29) is 5.91 Å². The molecule has 0 heterocycles. The van der Waals surface area contributed by atoms with Crippen LogP contribution in [0.25, 0.3) is 0 Å². The van der Waals surface area contributed by atoms with Gasteiger partial charge >= 0.3 is 0 Å². The summed E-state index contributed by atoms with van der Waals surface area (Å²) in [7, 11) is 0. The van der Waals surface area contributed by atoms with Crippen molar-refractivity contribution < 1.29 is 23.2 Å². The molecule has 0 fully saturated rings. The number of rotatable bonds is 5. The SMILES string of the molecule is CC(=O)Nc1ccc(NC(=O)CN(C(C)=O)c2c(F)cccc2F)cc1. The summed E-state index contributed by atoms with van der Waals surface area (Å²) in [5.74, 6) is -3.41. The highest BCUT2D eigenvalue weighted by Crippen LogP contribution is 2.23. The lowest BCUT2D eigenvalue weighted by Crippen LogP contribution is -2.37. The molecule has 2 rings (SSSR count). The van der Waals surface area contributed by atoms with E-state index in [0.717, 1.165) is 24.0 Å². The van der Waals surface area contributed by atoms with E-state index in [1.54, 1.807) is 24.3 Å². The van der Waals surface area contributed by atoms with Gasteiger partial charge in [0.05, 0.1) is 0 Å². The van der Waals surface area contributed by atoms with E-state index in [0.29, 0.717) is 11.4 Å². The maximum absolute atomic E-state index is 13.9. The number of nitrogens with one attached hydrogen (secondary N) is 2. The Morgan fingerprint density at radius 1 is 0.885 bits per heavy atom. The van der Waals surface area contributed by atoms with Crippen molar-refractivity contribution in [1.29, 1.82) is 0 Å². The first kappa shape index (κ1) is 19.0. The molecule has 0 aromatic heterocycles. The van der Waals surface area contributed by atoms with Gasteiger partial charge in [-0.15, -0.1) is 0 Å². The maximum Gasteiger partial charge on any atom is 0.244 e. The number of para-hydroxylation sites is 1. The Morgan fingerprint density at radius 3 is 1.85 bits per heavy atom. The highest BCUT2D eigenvalue weighted by Gasteiger charge is 2.22. The van der Waals surface area contributed by atoms with Crippen molar-refractivity contribution in [3.8, 4) is 0 Å². The molecule has 3 amide bonds. The van der Waals surface area contributed by atoms with Gasteiger partial charge in [-0.05, 0) is 36.4 Å². The number of carbonyl (C=O) groups excluding carboxylic acids is 3. The molecule has 2 N–H and O–H groups in total. The number of amides is 3. The molecule has 0 radical (unpaired) electrons. The molecule has 8 heteroatoms. The highest BCUT2D eigenvalue weighted by molar-refractivity contribution is 6.02. The van der Waals surface area contributed by atoms with Crippen molar-refractivity contribution >= 4 is 34.8 Å². The minimum absolute atomic E-state index is 0.231. The molecule has 0 saturated heterocycles. The number of benzene rings is 2. The van der Waals surface area contributed by atoms with E-state index >= 15 is 0 Å². The number of halogens is 2. The molecule has 0 unspecified atom stereocenters. The van der Waals surface area contributed by atoms with Crippen molar-refractivity contribution in [3.63, 3.8) is 0 Å². The van der Waals surface area contributed by atoms with E-state index in [1.165, 1.54) is 13.0 Å². The fourth-order valence-corrected chi connectivity index (χ4v) is 2.28. The molecule has 0 aliphatic carbocycles. The van der Waals surface area contributed by atoms with Gasteiger partial charge < -0.3 is 10.6 Å². The van der Waals surface area contributed by atoms with Crippen LogP contribution in [0.3, 0.4) is 0 Å². The zero-order chi connectivity index (χ0) is 19.3. The molecular weight excluding hydrogens is 344 g/mol. The first-order chi connectivity index (χ1) is 12.3. The summed E-state index contributed by atoms with van der Waals surface area (Å²) in [5, 5.41) is 5.10. The minimum atomic E-state index is -0.937. The smallest absolute Gasteiger partial charge is 0.244 e. The molecule has 0 spiro atoms. The molecule has 26 heavy (non-hydrogen) atoms. The van der Waals surface area contributed by atoms with Crippen molar-refractivity contribution in [3.05, 3.63) is 54.1 Å². The molecule has 0 saturated carbocycles. The van der Waals surface area contributed by atoms with Gasteiger partial charge in [0.25, 0.3) is 0 Å². The summed E-state index contributed by atoms with van der Waals surface area (Å²) >= 11 is 0. The van der Waals surface area contributed by atoms with Crippen LogP contribution in [0.2, 0.25) is 0 Å². The number of carbonyl (C=O) groups is 3. The molecule has 0 aliphatic rings. The van der Waals surface area contributed by atoms with E-state index in [1.807, 2.05) is 0 Å². The molecule has 136 valence electrons. The standard InChI is InChI=1S/C18H17F2N3O3/c1-11(24)21-13-6-8-14(9-7-13)22-17(26)10-23(12(2)25)18-15(19)4-3-5-16(18)20/h3-9H,10H2,1-2H3,(H,21,24)(H,22,26). The van der Waals surface area contributed by atoms with E-state index < -0.39 is 35.7 Å². The second-order valence-electron chi connectivity index (χ2n) is 5.48. The molecule has 0 aliphatic heterocycles. The molecule has 6 nitrogen and oxygen atoms in total. The predicted molar refractivity (Wildman–Crippen MR) is 93.8 cm³/mol. The quantitative estimate of drug-likeness (QED) is 0.860. The molecular formula is C18H17F2N3O3. The Morgan fingerprint density at radius 2 is 1.38 bits per heavy atom. The third kappa shape index (κ3) is 4.85. The van der Waals surface area contributed by atoms with Gasteiger partial charge in [0, 0.05) is 25.2 Å². The Balaban J connectivity index is 2.11. The van der Waals surface area contributed by atoms with Crippen LogP contribution in [0.5, 0.6) is 0 Å². The molecule has 0 bridgehead atoms. The zero-order valence-electron chi connectivity index (χ0n) is 14.2. The summed E-state index contributed by atoms with van der Waals surface area (Å²) in [4.78, 5) is 35.6. The average Bonchev–Trinajstić information content (AvgIpc) is 2.55.